The average molecular weight is 686 g/mol. The van der Waals surface area contributed by atoms with Crippen LogP contribution in [0, 0.1) is 17.0 Å². The van der Waals surface area contributed by atoms with Crippen LogP contribution >= 0.6 is 0 Å². The first-order chi connectivity index (χ1) is 24.2. The summed E-state index contributed by atoms with van der Waals surface area (Å²) in [5, 5.41) is 16.0. The average Bonchev–Trinajstić information content (AvgIpc) is 3.28. The normalized spacial score (nSPS) is 31.4. The fraction of sp³-hybridized carbons (Fsp3) is 0.526. The third-order valence-electron chi connectivity index (χ3n) is 12.8. The molecule has 1 aliphatic carbocycles. The summed E-state index contributed by atoms with van der Waals surface area (Å²) < 4.78 is 68.2. The quantitative estimate of drug-likeness (QED) is 0.277. The topological polar surface area (TPSA) is 92.2 Å². The molecule has 7 heterocycles. The number of piperazine rings is 1. The third-order valence-corrected chi connectivity index (χ3v) is 12.8. The molecule has 6 aliphatic heterocycles. The molecule has 7 aliphatic rings. The Morgan fingerprint density at radius 3 is 2.84 bits per heavy atom. The number of hydrogen-bond donors (Lipinski definition) is 2. The smallest absolute Gasteiger partial charge is 0.319 e. The number of halogens is 3. The monoisotopic (exact) mass is 685 g/mol. The van der Waals surface area contributed by atoms with Gasteiger partial charge in [0.1, 0.15) is 48.3 Å². The maximum Gasteiger partial charge on any atom is 0.319 e. The molecular formula is C38H38F3N5O4. The molecule has 260 valence electrons. The number of ether oxygens (including phenoxy) is 3. The number of nitrogens with zero attached hydrogens (tertiary/aromatic N) is 4. The van der Waals surface area contributed by atoms with E-state index in [1.54, 1.807) is 12.1 Å². The number of nitrogens with one attached hydrogen (secondary N) is 1. The third kappa shape index (κ3) is 4.14. The Balaban J connectivity index is 1.11. The van der Waals surface area contributed by atoms with Crippen LogP contribution in [0.4, 0.5) is 19.0 Å². The van der Waals surface area contributed by atoms with Gasteiger partial charge in [0.2, 0.25) is 0 Å². The van der Waals surface area contributed by atoms with Crippen LogP contribution in [0.2, 0.25) is 0 Å². The van der Waals surface area contributed by atoms with Crippen molar-refractivity contribution < 1.29 is 32.5 Å². The molecule has 4 saturated heterocycles. The maximum atomic E-state index is 17.4. The van der Waals surface area contributed by atoms with Crippen molar-refractivity contribution in [1.82, 2.24) is 20.2 Å². The number of aromatic nitrogens is 2. The van der Waals surface area contributed by atoms with E-state index in [0.29, 0.717) is 48.3 Å². The molecule has 6 atom stereocenters. The summed E-state index contributed by atoms with van der Waals surface area (Å²) in [4.78, 5) is 13.9. The van der Waals surface area contributed by atoms with Gasteiger partial charge in [-0.05, 0) is 79.0 Å². The van der Waals surface area contributed by atoms with Crippen molar-refractivity contribution in [1.29, 1.82) is 0 Å². The lowest BCUT2D eigenvalue weighted by atomic mass is 9.89. The van der Waals surface area contributed by atoms with E-state index in [1.165, 1.54) is 6.07 Å². The highest BCUT2D eigenvalue weighted by Gasteiger charge is 2.62. The number of hydrogen-bond acceptors (Lipinski definition) is 9. The summed E-state index contributed by atoms with van der Waals surface area (Å²) in [7, 11) is 0. The van der Waals surface area contributed by atoms with Gasteiger partial charge in [0, 0.05) is 50.1 Å². The Labute approximate surface area is 286 Å². The molecule has 4 aromatic rings. The molecule has 0 amide bonds. The Morgan fingerprint density at radius 2 is 1.98 bits per heavy atom. The molecule has 5 fully saturated rings. The Kier molecular flexibility index (Phi) is 5.97. The summed E-state index contributed by atoms with van der Waals surface area (Å²) in [6.45, 7) is 4.18. The molecule has 1 spiro atoms. The molecule has 11 rings (SSSR count). The number of alkyl halides is 1. The van der Waals surface area contributed by atoms with Crippen LogP contribution in [-0.2, 0) is 6.42 Å². The summed E-state index contributed by atoms with van der Waals surface area (Å²) >= 11 is 0. The second-order valence-electron chi connectivity index (χ2n) is 16.1. The van der Waals surface area contributed by atoms with Crippen molar-refractivity contribution in [2.24, 2.45) is 5.41 Å². The first kappa shape index (κ1) is 29.7. The lowest BCUT2D eigenvalue weighted by Crippen LogP contribution is -2.60. The SMILES string of the molecule is CC1Cc2c(ccc3cc(O)cc(-c4c(F)c5c6c(nc(OC[C@@]78C[C@H](F)CN7CC7(CC7)C8)nc6c4F)N4CC6CCC(N6)C4CO5)c23)O1. The summed E-state index contributed by atoms with van der Waals surface area (Å²) in [6.07, 6.45) is 5.00. The predicted molar refractivity (Wildman–Crippen MR) is 180 cm³/mol. The van der Waals surface area contributed by atoms with E-state index >= 15 is 8.78 Å². The minimum Gasteiger partial charge on any atom is -0.508 e. The van der Waals surface area contributed by atoms with Gasteiger partial charge in [-0.3, -0.25) is 4.90 Å². The zero-order valence-electron chi connectivity index (χ0n) is 27.8. The van der Waals surface area contributed by atoms with Crippen LogP contribution in [0.15, 0.2) is 24.3 Å². The van der Waals surface area contributed by atoms with Crippen LogP contribution in [-0.4, -0.2) is 88.8 Å². The fourth-order valence-electron chi connectivity index (χ4n) is 10.5. The molecule has 1 saturated carbocycles. The van der Waals surface area contributed by atoms with Gasteiger partial charge >= 0.3 is 6.01 Å². The standard InChI is InChI=1S/C38H38F3N5O4/c1-18-8-23-27(50-18)5-2-19-9-22(47)10-24(28(19)23)29-31(40)33-30-34(32(29)41)48-14-26-25-4-3-21(42-25)13-46(26)35(30)44-36(43-33)49-17-38-11-20(39)12-45(38)16-37(15-38)6-7-37/h2,5,9-10,18,20-21,25-26,42,47H,3-4,6-8,11-17H2,1H3/t18?,20-,21?,25?,26?,38-/m0/s1. The van der Waals surface area contributed by atoms with Gasteiger partial charge in [0.25, 0.3) is 0 Å². The van der Waals surface area contributed by atoms with E-state index in [4.69, 9.17) is 19.2 Å². The molecule has 2 bridgehead atoms. The van der Waals surface area contributed by atoms with Gasteiger partial charge in [-0.25, -0.2) is 13.2 Å². The molecule has 4 unspecified atom stereocenters. The zero-order chi connectivity index (χ0) is 33.7. The number of rotatable bonds is 4. The molecule has 1 aromatic heterocycles. The minimum atomic E-state index is -0.927. The van der Waals surface area contributed by atoms with Gasteiger partial charge in [-0.15, -0.1) is 0 Å². The number of anilines is 1. The lowest BCUT2D eigenvalue weighted by molar-refractivity contribution is 0.107. The van der Waals surface area contributed by atoms with Crippen LogP contribution < -0.4 is 24.4 Å². The van der Waals surface area contributed by atoms with Gasteiger partial charge in [-0.2, -0.15) is 9.97 Å². The summed E-state index contributed by atoms with van der Waals surface area (Å²) in [5.74, 6) is -0.920. The van der Waals surface area contributed by atoms with Crippen LogP contribution in [0.25, 0.3) is 32.8 Å². The first-order valence-electron chi connectivity index (χ1n) is 18.0. The summed E-state index contributed by atoms with van der Waals surface area (Å²) in [5.41, 5.74) is 0.378. The van der Waals surface area contributed by atoms with Crippen molar-refractivity contribution in [3.8, 4) is 34.4 Å². The van der Waals surface area contributed by atoms with E-state index in [9.17, 15) is 9.50 Å². The zero-order valence-corrected chi connectivity index (χ0v) is 27.8. The van der Waals surface area contributed by atoms with Gasteiger partial charge in [0.15, 0.2) is 17.4 Å². The highest BCUT2D eigenvalue weighted by atomic mass is 19.1. The number of benzene rings is 3. The van der Waals surface area contributed by atoms with Crippen LogP contribution in [0.3, 0.4) is 0 Å². The van der Waals surface area contributed by atoms with Gasteiger partial charge < -0.3 is 29.5 Å². The molecule has 9 nitrogen and oxygen atoms in total. The molecule has 3 aromatic carbocycles. The largest absolute Gasteiger partial charge is 0.508 e. The fourth-order valence-corrected chi connectivity index (χ4v) is 10.5. The number of phenols is 1. The molecule has 2 N–H and O–H groups in total. The van der Waals surface area contributed by atoms with E-state index in [1.807, 2.05) is 13.0 Å². The van der Waals surface area contributed by atoms with Crippen molar-refractivity contribution in [3.63, 3.8) is 0 Å². The second-order valence-corrected chi connectivity index (χ2v) is 16.1. The van der Waals surface area contributed by atoms with Crippen molar-refractivity contribution >= 4 is 27.5 Å². The highest BCUT2D eigenvalue weighted by molar-refractivity contribution is 6.06. The van der Waals surface area contributed by atoms with Crippen LogP contribution in [0.1, 0.15) is 51.0 Å². The van der Waals surface area contributed by atoms with Crippen LogP contribution in [0.5, 0.6) is 23.3 Å². The second kappa shape index (κ2) is 10.1. The van der Waals surface area contributed by atoms with E-state index < -0.39 is 23.3 Å². The highest BCUT2D eigenvalue weighted by Crippen LogP contribution is 2.61. The molecule has 0 radical (unpaired) electrons. The van der Waals surface area contributed by atoms with Gasteiger partial charge in [0.05, 0.1) is 22.5 Å². The summed E-state index contributed by atoms with van der Waals surface area (Å²) in [6, 6.07) is 6.77. The molecule has 50 heavy (non-hydrogen) atoms. The number of fused-ring (bicyclic) bond motifs is 9. The Morgan fingerprint density at radius 1 is 1.10 bits per heavy atom. The predicted octanol–water partition coefficient (Wildman–Crippen LogP) is 5.80. The van der Waals surface area contributed by atoms with E-state index in [-0.39, 0.29) is 82.4 Å². The molecule has 12 heteroatoms. The van der Waals surface area contributed by atoms with E-state index in [0.717, 1.165) is 44.2 Å². The van der Waals surface area contributed by atoms with E-state index in [2.05, 4.69) is 20.1 Å². The Bertz CT molecular complexity index is 2150. The minimum absolute atomic E-state index is 0.0151. The van der Waals surface area contributed by atoms with Crippen molar-refractivity contribution in [2.45, 2.75) is 87.8 Å². The van der Waals surface area contributed by atoms with Crippen molar-refractivity contribution in [3.05, 3.63) is 41.5 Å². The Hall–Kier alpha value is -4.03. The first-order valence-corrected chi connectivity index (χ1v) is 18.0. The lowest BCUT2D eigenvalue weighted by Gasteiger charge is -2.40. The number of aromatic hydroxyl groups is 1. The maximum absolute atomic E-state index is 17.4. The van der Waals surface area contributed by atoms with Crippen molar-refractivity contribution in [2.75, 3.05) is 37.7 Å². The number of phenolic OH excluding ortho intramolecular Hbond substituents is 1. The van der Waals surface area contributed by atoms with Gasteiger partial charge in [-0.1, -0.05) is 6.07 Å². The molecular weight excluding hydrogens is 647 g/mol.